The van der Waals surface area contributed by atoms with E-state index in [2.05, 4.69) is 64.2 Å². The van der Waals surface area contributed by atoms with Gasteiger partial charge in [0.15, 0.2) is 11.6 Å². The van der Waals surface area contributed by atoms with Gasteiger partial charge in [-0.25, -0.2) is 0 Å². The Labute approximate surface area is 287 Å². The minimum Gasteiger partial charge on any atom is -0.462 e. The number of cyclic esters (lactones) is 2. The highest BCUT2D eigenvalue weighted by atomic mass is 16.5. The molecule has 0 aromatic rings. The van der Waals surface area contributed by atoms with Gasteiger partial charge in [-0.2, -0.15) is 0 Å². The van der Waals surface area contributed by atoms with Gasteiger partial charge in [0.1, 0.15) is 12.2 Å². The van der Waals surface area contributed by atoms with E-state index < -0.39 is 11.5 Å². The number of fused-ring (bicyclic) bond motifs is 2. The molecule has 0 saturated carbocycles. The fourth-order valence-electron chi connectivity index (χ4n) is 7.13. The van der Waals surface area contributed by atoms with E-state index in [0.29, 0.717) is 51.4 Å². The molecule has 48 heavy (non-hydrogen) atoms. The van der Waals surface area contributed by atoms with E-state index in [0.717, 1.165) is 42.4 Å². The minimum atomic E-state index is -0.467. The molecule has 4 aliphatic rings. The molecule has 6 nitrogen and oxygen atoms in total. The fraction of sp³-hybridized carbons (Fsp3) is 0.524. The van der Waals surface area contributed by atoms with Gasteiger partial charge in [0.05, 0.1) is 6.42 Å². The van der Waals surface area contributed by atoms with Crippen LogP contribution >= 0.6 is 0 Å². The van der Waals surface area contributed by atoms with Crippen LogP contribution in [0.2, 0.25) is 0 Å². The summed E-state index contributed by atoms with van der Waals surface area (Å²) in [4.78, 5) is 52.3. The first-order valence-corrected chi connectivity index (χ1v) is 18.0. The molecule has 0 amide bonds. The molecule has 2 aliphatic carbocycles. The quantitative estimate of drug-likeness (QED) is 0.201. The van der Waals surface area contributed by atoms with E-state index in [1.165, 1.54) is 0 Å². The molecule has 258 valence electrons. The summed E-state index contributed by atoms with van der Waals surface area (Å²) in [5.74, 6) is -0.644. The number of hydrogen-bond donors (Lipinski definition) is 0. The van der Waals surface area contributed by atoms with Gasteiger partial charge in [-0.15, -0.1) is 0 Å². The molecule has 2 heterocycles. The smallest absolute Gasteiger partial charge is 0.306 e. The Bertz CT molecular complexity index is 1450. The number of allylic oxidation sites excluding steroid dienone is 12. The van der Waals surface area contributed by atoms with E-state index in [1.807, 2.05) is 30.4 Å². The first-order valence-electron chi connectivity index (χ1n) is 18.0. The highest BCUT2D eigenvalue weighted by molar-refractivity contribution is 6.08. The van der Waals surface area contributed by atoms with Gasteiger partial charge in [0.2, 0.25) is 0 Å². The zero-order valence-corrected chi connectivity index (χ0v) is 29.4. The Morgan fingerprint density at radius 1 is 0.771 bits per heavy atom. The van der Waals surface area contributed by atoms with Crippen LogP contribution in [0, 0.1) is 16.7 Å². The largest absolute Gasteiger partial charge is 0.462 e. The minimum absolute atomic E-state index is 0.00627. The lowest BCUT2D eigenvalue weighted by molar-refractivity contribution is -0.151. The zero-order valence-electron chi connectivity index (χ0n) is 29.4. The molecular formula is C42H54O6. The number of hydrogen-bond acceptors (Lipinski definition) is 6. The van der Waals surface area contributed by atoms with Crippen molar-refractivity contribution in [3.8, 4) is 0 Å². The number of esters is 2. The van der Waals surface area contributed by atoms with Gasteiger partial charge in [0.25, 0.3) is 0 Å². The van der Waals surface area contributed by atoms with Crippen LogP contribution in [-0.2, 0) is 28.7 Å². The Balaban J connectivity index is 1.62. The molecule has 0 saturated heterocycles. The maximum Gasteiger partial charge on any atom is 0.306 e. The van der Waals surface area contributed by atoms with Crippen LogP contribution in [0.25, 0.3) is 0 Å². The van der Waals surface area contributed by atoms with Gasteiger partial charge in [0, 0.05) is 54.1 Å². The number of carbonyl (C=O) groups is 4. The van der Waals surface area contributed by atoms with E-state index >= 15 is 0 Å². The zero-order chi connectivity index (χ0) is 34.6. The molecule has 0 N–H and O–H groups in total. The number of ketones is 2. The van der Waals surface area contributed by atoms with Gasteiger partial charge < -0.3 is 9.47 Å². The van der Waals surface area contributed by atoms with Crippen LogP contribution in [0.5, 0.6) is 0 Å². The monoisotopic (exact) mass is 654 g/mol. The van der Waals surface area contributed by atoms with Gasteiger partial charge in [-0.3, -0.25) is 19.2 Å². The van der Waals surface area contributed by atoms with Gasteiger partial charge >= 0.3 is 11.9 Å². The molecule has 2 aliphatic heterocycles. The summed E-state index contributed by atoms with van der Waals surface area (Å²) in [5, 5.41) is 0. The molecule has 0 fully saturated rings. The summed E-state index contributed by atoms with van der Waals surface area (Å²) in [6.07, 6.45) is 32.7. The third kappa shape index (κ3) is 10.1. The van der Waals surface area contributed by atoms with Crippen molar-refractivity contribution < 1.29 is 28.7 Å². The van der Waals surface area contributed by atoms with Crippen LogP contribution in [0.3, 0.4) is 0 Å². The van der Waals surface area contributed by atoms with Gasteiger partial charge in [-0.1, -0.05) is 100 Å². The molecule has 4 rings (SSSR count). The maximum atomic E-state index is 13.6. The summed E-state index contributed by atoms with van der Waals surface area (Å²) in [6, 6.07) is 0. The van der Waals surface area contributed by atoms with E-state index in [9.17, 15) is 19.2 Å². The highest BCUT2D eigenvalue weighted by Crippen LogP contribution is 2.41. The van der Waals surface area contributed by atoms with Crippen molar-refractivity contribution in [1.82, 2.24) is 0 Å². The van der Waals surface area contributed by atoms with E-state index in [-0.39, 0.29) is 47.4 Å². The molecule has 6 heteroatoms. The van der Waals surface area contributed by atoms with E-state index in [1.54, 1.807) is 12.2 Å². The molecular weight excluding hydrogens is 600 g/mol. The number of carbonyl (C=O) groups excluding carboxylic acids is 4. The summed E-state index contributed by atoms with van der Waals surface area (Å²) < 4.78 is 12.2. The third-order valence-corrected chi connectivity index (χ3v) is 9.99. The third-order valence-electron chi connectivity index (χ3n) is 9.99. The molecule has 1 unspecified atom stereocenters. The molecule has 0 radical (unpaired) electrons. The summed E-state index contributed by atoms with van der Waals surface area (Å²) >= 11 is 0. The van der Waals surface area contributed by atoms with Crippen molar-refractivity contribution in [3.05, 3.63) is 95.7 Å². The summed E-state index contributed by atoms with van der Waals surface area (Å²) in [5.41, 5.74) is 1.76. The van der Waals surface area contributed by atoms with Crippen molar-refractivity contribution in [2.24, 2.45) is 16.7 Å². The highest BCUT2D eigenvalue weighted by Gasteiger charge is 2.36. The number of rotatable bonds is 7. The average Bonchev–Trinajstić information content (AvgIpc) is 3.50. The van der Waals surface area contributed by atoms with Crippen LogP contribution in [0.15, 0.2) is 95.7 Å². The summed E-state index contributed by atoms with van der Waals surface area (Å²) in [6.45, 7) is 8.31. The Morgan fingerprint density at radius 2 is 1.40 bits per heavy atom. The Hall–Kier alpha value is -3.80. The lowest BCUT2D eigenvalue weighted by Gasteiger charge is -2.26. The molecule has 5 atom stereocenters. The second kappa shape index (κ2) is 17.6. The van der Waals surface area contributed by atoms with E-state index in [4.69, 9.17) is 9.47 Å². The molecule has 0 spiro atoms. The standard InChI is InChI=1S/C42H54O6/c1-5-7-10-17-33-19-21-35-37(43)24-28-42(35,4)26-14-12-16-32(30-40(46)47-33)31(15-6-2)29-34-20-22-36-38(44)23-27-41(36,3)25-13-9-8-11-18-39(45)48-34/h7,9-10,12-15,21-24,27-28,32-34H,5-6,8,11,16-20,25-26,29-30H2,1-4H3/b10-7-,13-9-,14-12-,31-15+,35-21-,36-22-/t32?,33-,34+,41-,42+/m0/s1. The van der Waals surface area contributed by atoms with Crippen LogP contribution in [-0.4, -0.2) is 35.7 Å². The van der Waals surface area contributed by atoms with Crippen molar-refractivity contribution in [3.63, 3.8) is 0 Å². The fourth-order valence-corrected chi connectivity index (χ4v) is 7.13. The van der Waals surface area contributed by atoms with Crippen molar-refractivity contribution in [1.29, 1.82) is 0 Å². The number of ether oxygens (including phenoxy) is 2. The maximum absolute atomic E-state index is 13.6. The molecule has 0 aromatic carbocycles. The SMILES string of the molecule is CC/C=C\C[C@H]1C/C=C2/C(=O)C=C[C@@]2(C)C/C=C\CC(/C(=C/CC)C[C@H]2C/C=C3/C(=O)C=C[C@]3(C)C/C=C\CCCC(=O)O2)CC(=O)O1. The predicted molar refractivity (Wildman–Crippen MR) is 191 cm³/mol. The lowest BCUT2D eigenvalue weighted by Crippen LogP contribution is -2.24. The van der Waals surface area contributed by atoms with Crippen LogP contribution in [0.4, 0.5) is 0 Å². The lowest BCUT2D eigenvalue weighted by atomic mass is 9.80. The van der Waals surface area contributed by atoms with Gasteiger partial charge in [-0.05, 0) is 63.0 Å². The van der Waals surface area contributed by atoms with Crippen molar-refractivity contribution in [2.45, 2.75) is 123 Å². The Morgan fingerprint density at radius 3 is 2.04 bits per heavy atom. The first kappa shape index (κ1) is 37.0. The predicted octanol–water partition coefficient (Wildman–Crippen LogP) is 9.30. The summed E-state index contributed by atoms with van der Waals surface area (Å²) in [7, 11) is 0. The van der Waals surface area contributed by atoms with Crippen molar-refractivity contribution >= 4 is 23.5 Å². The topological polar surface area (TPSA) is 86.7 Å². The second-order valence-electron chi connectivity index (χ2n) is 14.0. The first-order chi connectivity index (χ1) is 23.1. The van der Waals surface area contributed by atoms with Crippen LogP contribution in [0.1, 0.15) is 111 Å². The van der Waals surface area contributed by atoms with Crippen molar-refractivity contribution in [2.75, 3.05) is 0 Å². The molecule has 0 bridgehead atoms. The second-order valence-corrected chi connectivity index (χ2v) is 14.0. The Kier molecular flexibility index (Phi) is 13.5. The molecule has 0 aromatic heterocycles. The normalized spacial score (nSPS) is 34.4. The average molecular weight is 655 g/mol. The van der Waals surface area contributed by atoms with Crippen LogP contribution < -0.4 is 0 Å².